The summed E-state index contributed by atoms with van der Waals surface area (Å²) in [5.41, 5.74) is -1.29. The SMILES string of the molecule is CC(C)OC(=O)[C@](NS(=O)C(C)(C)C)(c1cc(Br)ccc1F)C1CC1. The van der Waals surface area contributed by atoms with E-state index in [9.17, 15) is 13.4 Å². The first kappa shape index (κ1) is 20.5. The van der Waals surface area contributed by atoms with Crippen LogP contribution in [0, 0.1) is 11.7 Å². The van der Waals surface area contributed by atoms with Crippen LogP contribution in [0.2, 0.25) is 0 Å². The van der Waals surface area contributed by atoms with Crippen molar-refractivity contribution in [3.05, 3.63) is 34.1 Å². The van der Waals surface area contributed by atoms with E-state index in [0.29, 0.717) is 4.47 Å². The first-order valence-corrected chi connectivity index (χ1v) is 10.3. The minimum Gasteiger partial charge on any atom is -0.461 e. The maximum Gasteiger partial charge on any atom is 0.332 e. The smallest absolute Gasteiger partial charge is 0.332 e. The van der Waals surface area contributed by atoms with E-state index in [-0.39, 0.29) is 17.6 Å². The summed E-state index contributed by atoms with van der Waals surface area (Å²) in [6.45, 7) is 8.90. The summed E-state index contributed by atoms with van der Waals surface area (Å²) >= 11 is 3.34. The summed E-state index contributed by atoms with van der Waals surface area (Å²) in [5, 5.41) is 0. The summed E-state index contributed by atoms with van der Waals surface area (Å²) in [5.74, 6) is -1.26. The van der Waals surface area contributed by atoms with Gasteiger partial charge in [0, 0.05) is 10.0 Å². The Kier molecular flexibility index (Phi) is 6.11. The van der Waals surface area contributed by atoms with E-state index >= 15 is 0 Å². The third-order valence-corrected chi connectivity index (χ3v) is 6.13. The van der Waals surface area contributed by atoms with Gasteiger partial charge in [0.15, 0.2) is 5.54 Å². The monoisotopic (exact) mass is 433 g/mol. The van der Waals surface area contributed by atoms with Gasteiger partial charge in [0.25, 0.3) is 0 Å². The van der Waals surface area contributed by atoms with Crippen LogP contribution in [0.15, 0.2) is 22.7 Å². The molecule has 1 aliphatic carbocycles. The maximum absolute atomic E-state index is 14.7. The molecule has 0 aromatic heterocycles. The van der Waals surface area contributed by atoms with Crippen LogP contribution in [0.1, 0.15) is 53.0 Å². The number of hydrogen-bond donors (Lipinski definition) is 1. The van der Waals surface area contributed by atoms with Gasteiger partial charge in [-0.3, -0.25) is 0 Å². The summed E-state index contributed by atoms with van der Waals surface area (Å²) in [7, 11) is -1.57. The van der Waals surface area contributed by atoms with Crippen molar-refractivity contribution in [2.75, 3.05) is 0 Å². The second kappa shape index (κ2) is 7.45. The molecule has 2 atom stereocenters. The molecule has 0 radical (unpaired) electrons. The number of nitrogens with one attached hydrogen (secondary N) is 1. The molecule has 2 rings (SSSR count). The second-order valence-electron chi connectivity index (χ2n) is 7.64. The highest BCUT2D eigenvalue weighted by Crippen LogP contribution is 2.48. The Hall–Kier alpha value is -0.790. The van der Waals surface area contributed by atoms with E-state index in [2.05, 4.69) is 20.7 Å². The van der Waals surface area contributed by atoms with E-state index in [1.165, 1.54) is 6.07 Å². The normalized spacial score (nSPS) is 18.7. The summed E-state index contributed by atoms with van der Waals surface area (Å²) in [6, 6.07) is 4.45. The van der Waals surface area contributed by atoms with E-state index in [1.807, 2.05) is 0 Å². The summed E-state index contributed by atoms with van der Waals surface area (Å²) in [6.07, 6.45) is 1.13. The lowest BCUT2D eigenvalue weighted by molar-refractivity contribution is -0.156. The lowest BCUT2D eigenvalue weighted by Crippen LogP contribution is -2.56. The second-order valence-corrected chi connectivity index (χ2v) is 10.5. The van der Waals surface area contributed by atoms with Gasteiger partial charge in [-0.25, -0.2) is 18.1 Å². The zero-order chi connectivity index (χ0) is 19.0. The number of hydrogen-bond acceptors (Lipinski definition) is 3. The minimum absolute atomic E-state index is 0.158. The molecule has 1 saturated carbocycles. The fourth-order valence-corrected chi connectivity index (χ4v) is 3.92. The molecule has 0 amide bonds. The van der Waals surface area contributed by atoms with Gasteiger partial charge in [-0.2, -0.15) is 0 Å². The molecule has 0 aliphatic heterocycles. The van der Waals surface area contributed by atoms with Crippen molar-refractivity contribution in [2.45, 2.75) is 63.9 Å². The van der Waals surface area contributed by atoms with Gasteiger partial charge in [-0.15, -0.1) is 0 Å². The van der Waals surface area contributed by atoms with Gasteiger partial charge in [0.1, 0.15) is 5.82 Å². The van der Waals surface area contributed by atoms with Crippen LogP contribution < -0.4 is 4.72 Å². The van der Waals surface area contributed by atoms with Crippen molar-refractivity contribution in [3.8, 4) is 0 Å². The van der Waals surface area contributed by atoms with Crippen LogP contribution in [0.5, 0.6) is 0 Å². The molecule has 0 spiro atoms. The van der Waals surface area contributed by atoms with E-state index in [0.717, 1.165) is 12.8 Å². The van der Waals surface area contributed by atoms with Crippen molar-refractivity contribution in [3.63, 3.8) is 0 Å². The van der Waals surface area contributed by atoms with Crippen LogP contribution in [-0.4, -0.2) is 21.0 Å². The molecule has 1 aromatic rings. The standard InChI is InChI=1S/C18H25BrFNO3S/c1-11(2)24-16(22)18(12-6-7-12,21-25(23)17(3,4)5)14-10-13(19)8-9-15(14)20/h8-12,21H,6-7H2,1-5H3/t18-,25?/m1/s1. The molecule has 0 bridgehead atoms. The molecule has 1 fully saturated rings. The lowest BCUT2D eigenvalue weighted by atomic mass is 9.85. The Morgan fingerprint density at radius 3 is 2.44 bits per heavy atom. The topological polar surface area (TPSA) is 55.4 Å². The molecule has 1 unspecified atom stereocenters. The Labute approximate surface area is 159 Å². The van der Waals surface area contributed by atoms with E-state index in [4.69, 9.17) is 4.74 Å². The van der Waals surface area contributed by atoms with Crippen LogP contribution in [0.3, 0.4) is 0 Å². The average molecular weight is 434 g/mol. The highest BCUT2D eigenvalue weighted by molar-refractivity contribution is 9.10. The third kappa shape index (κ3) is 4.49. The molecule has 1 N–H and O–H groups in total. The number of carbonyl (C=O) groups is 1. The number of ether oxygens (including phenoxy) is 1. The zero-order valence-corrected chi connectivity index (χ0v) is 17.6. The van der Waals surface area contributed by atoms with Crippen LogP contribution in [-0.2, 0) is 26.1 Å². The Morgan fingerprint density at radius 2 is 1.96 bits per heavy atom. The largest absolute Gasteiger partial charge is 0.461 e. The predicted octanol–water partition coefficient (Wildman–Crippen LogP) is 4.20. The number of benzene rings is 1. The van der Waals surface area contributed by atoms with Crippen molar-refractivity contribution in [1.82, 2.24) is 4.72 Å². The molecule has 140 valence electrons. The van der Waals surface area contributed by atoms with Gasteiger partial charge >= 0.3 is 5.97 Å². The molecule has 1 aliphatic rings. The molecule has 0 heterocycles. The van der Waals surface area contributed by atoms with Gasteiger partial charge in [0.2, 0.25) is 0 Å². The predicted molar refractivity (Wildman–Crippen MR) is 101 cm³/mol. The zero-order valence-electron chi connectivity index (χ0n) is 15.2. The van der Waals surface area contributed by atoms with Crippen LogP contribution >= 0.6 is 15.9 Å². The quantitative estimate of drug-likeness (QED) is 0.683. The third-order valence-electron chi connectivity index (χ3n) is 4.02. The maximum atomic E-state index is 14.7. The minimum atomic E-state index is -1.57. The first-order valence-electron chi connectivity index (χ1n) is 8.34. The Balaban J connectivity index is 2.61. The first-order chi connectivity index (χ1) is 11.5. The number of halogens is 2. The Morgan fingerprint density at radius 1 is 1.36 bits per heavy atom. The van der Waals surface area contributed by atoms with Gasteiger partial charge in [-0.1, -0.05) is 15.9 Å². The molecule has 0 saturated heterocycles. The molecule has 4 nitrogen and oxygen atoms in total. The van der Waals surface area contributed by atoms with Crippen molar-refractivity contribution in [2.24, 2.45) is 5.92 Å². The van der Waals surface area contributed by atoms with E-state index in [1.54, 1.807) is 46.8 Å². The fourth-order valence-electron chi connectivity index (χ4n) is 2.60. The molecule has 7 heteroatoms. The number of esters is 1. The van der Waals surface area contributed by atoms with Crippen LogP contribution in [0.25, 0.3) is 0 Å². The average Bonchev–Trinajstić information content (AvgIpc) is 3.30. The fraction of sp³-hybridized carbons (Fsp3) is 0.611. The number of rotatable bonds is 6. The highest BCUT2D eigenvalue weighted by atomic mass is 79.9. The van der Waals surface area contributed by atoms with Crippen molar-refractivity contribution >= 4 is 32.9 Å². The highest BCUT2D eigenvalue weighted by Gasteiger charge is 2.56. The lowest BCUT2D eigenvalue weighted by Gasteiger charge is -2.36. The summed E-state index contributed by atoms with van der Waals surface area (Å²) in [4.78, 5) is 13.1. The van der Waals surface area contributed by atoms with Crippen molar-refractivity contribution in [1.29, 1.82) is 0 Å². The molecule has 25 heavy (non-hydrogen) atoms. The van der Waals surface area contributed by atoms with Gasteiger partial charge in [0.05, 0.1) is 21.8 Å². The molecular formula is C18H25BrFNO3S. The number of carbonyl (C=O) groups excluding carboxylic acids is 1. The van der Waals surface area contributed by atoms with Gasteiger partial charge in [-0.05, 0) is 71.6 Å². The Bertz CT molecular complexity index is 685. The van der Waals surface area contributed by atoms with E-state index < -0.39 is 33.1 Å². The van der Waals surface area contributed by atoms with Crippen molar-refractivity contribution < 1.29 is 18.1 Å². The van der Waals surface area contributed by atoms with Gasteiger partial charge < -0.3 is 4.74 Å². The molecular weight excluding hydrogens is 409 g/mol. The van der Waals surface area contributed by atoms with Crippen LogP contribution in [0.4, 0.5) is 4.39 Å². The molecule has 1 aromatic carbocycles. The summed E-state index contributed by atoms with van der Waals surface area (Å²) < 4.78 is 36.0.